The molecule has 7 nitrogen and oxygen atoms in total. The molecule has 1 unspecified atom stereocenters. The molecule has 4 aromatic rings. The largest absolute Gasteiger partial charge is 0.481 e. The van der Waals surface area contributed by atoms with Crippen LogP contribution >= 0.6 is 11.3 Å². The SMILES string of the molecule is N=C(N)c1cc2c(OC(COC(=O)Nc3ccccc3CCO)c3ccccc3)cccc2s1. The van der Waals surface area contributed by atoms with E-state index in [0.29, 0.717) is 22.7 Å². The van der Waals surface area contributed by atoms with Crippen LogP contribution in [0.5, 0.6) is 5.75 Å². The quantitative estimate of drug-likeness (QED) is 0.199. The van der Waals surface area contributed by atoms with Gasteiger partial charge in [-0.1, -0.05) is 54.6 Å². The average molecular weight is 476 g/mol. The Bertz CT molecular complexity index is 1290. The smallest absolute Gasteiger partial charge is 0.411 e. The summed E-state index contributed by atoms with van der Waals surface area (Å²) in [6, 6.07) is 24.3. The second-order valence-electron chi connectivity index (χ2n) is 7.56. The van der Waals surface area contributed by atoms with Crippen molar-refractivity contribution in [2.75, 3.05) is 18.5 Å². The van der Waals surface area contributed by atoms with Gasteiger partial charge in [-0.3, -0.25) is 10.7 Å². The Morgan fingerprint density at radius 2 is 1.82 bits per heavy atom. The molecule has 1 amide bonds. The summed E-state index contributed by atoms with van der Waals surface area (Å²) in [5.74, 6) is 0.626. The number of hydrogen-bond donors (Lipinski definition) is 4. The van der Waals surface area contributed by atoms with Crippen LogP contribution in [-0.4, -0.2) is 30.2 Å². The molecule has 1 heterocycles. The highest BCUT2D eigenvalue weighted by atomic mass is 32.1. The van der Waals surface area contributed by atoms with E-state index in [4.69, 9.17) is 20.6 Å². The molecule has 0 saturated carbocycles. The number of benzene rings is 3. The highest BCUT2D eigenvalue weighted by Crippen LogP contribution is 2.35. The van der Waals surface area contributed by atoms with E-state index >= 15 is 0 Å². The van der Waals surface area contributed by atoms with Crippen molar-refractivity contribution in [3.8, 4) is 5.75 Å². The third-order valence-electron chi connectivity index (χ3n) is 5.23. The lowest BCUT2D eigenvalue weighted by Crippen LogP contribution is -2.21. The van der Waals surface area contributed by atoms with Crippen molar-refractivity contribution >= 4 is 39.0 Å². The fourth-order valence-corrected chi connectivity index (χ4v) is 4.51. The number of ether oxygens (including phenoxy) is 2. The number of nitrogen functional groups attached to an aromatic ring is 1. The first-order valence-electron chi connectivity index (χ1n) is 10.8. The standard InChI is InChI=1S/C26H25N3O4S/c27-25(28)24-15-19-21(11-6-12-23(19)34-24)33-22(18-8-2-1-3-9-18)16-32-26(31)29-20-10-5-4-7-17(20)13-14-30/h1-12,15,22,30H,13-14,16H2,(H3,27,28)(H,29,31). The zero-order chi connectivity index (χ0) is 23.9. The summed E-state index contributed by atoms with van der Waals surface area (Å²) in [4.78, 5) is 13.2. The molecule has 8 heteroatoms. The molecule has 0 aliphatic rings. The van der Waals surface area contributed by atoms with Crippen LogP contribution < -0.4 is 15.8 Å². The summed E-state index contributed by atoms with van der Waals surface area (Å²) < 4.78 is 12.8. The van der Waals surface area contributed by atoms with Gasteiger partial charge in [0.15, 0.2) is 6.10 Å². The molecule has 0 aliphatic carbocycles. The third kappa shape index (κ3) is 5.54. The molecule has 4 rings (SSSR count). The van der Waals surface area contributed by atoms with Gasteiger partial charge in [0, 0.05) is 22.4 Å². The number of para-hydroxylation sites is 1. The fourth-order valence-electron chi connectivity index (χ4n) is 3.57. The first-order valence-corrected chi connectivity index (χ1v) is 11.6. The maximum atomic E-state index is 12.6. The maximum absolute atomic E-state index is 12.6. The number of rotatable bonds is 9. The number of carbonyl (C=O) groups excluding carboxylic acids is 1. The molecular weight excluding hydrogens is 450 g/mol. The van der Waals surface area contributed by atoms with Gasteiger partial charge in [-0.05, 0) is 41.8 Å². The van der Waals surface area contributed by atoms with Crippen molar-refractivity contribution in [1.29, 1.82) is 5.41 Å². The number of thiophene rings is 1. The average Bonchev–Trinajstić information content (AvgIpc) is 3.29. The predicted octanol–water partition coefficient (Wildman–Crippen LogP) is 5.09. The van der Waals surface area contributed by atoms with Gasteiger partial charge in [0.1, 0.15) is 18.2 Å². The Balaban J connectivity index is 1.52. The normalized spacial score (nSPS) is 11.7. The summed E-state index contributed by atoms with van der Waals surface area (Å²) in [6.45, 7) is -0.0325. The predicted molar refractivity (Wildman–Crippen MR) is 135 cm³/mol. The lowest BCUT2D eigenvalue weighted by molar-refractivity contribution is 0.0910. The topological polar surface area (TPSA) is 118 Å². The van der Waals surface area contributed by atoms with Crippen LogP contribution in [0.25, 0.3) is 10.1 Å². The summed E-state index contributed by atoms with van der Waals surface area (Å²) in [5, 5.41) is 20.6. The zero-order valence-electron chi connectivity index (χ0n) is 18.4. The van der Waals surface area contributed by atoms with Crippen LogP contribution in [0.1, 0.15) is 22.1 Å². The second kappa shape index (κ2) is 10.8. The van der Waals surface area contributed by atoms with Crippen LogP contribution in [-0.2, 0) is 11.2 Å². The maximum Gasteiger partial charge on any atom is 0.411 e. The number of hydrogen-bond acceptors (Lipinski definition) is 6. The summed E-state index contributed by atoms with van der Waals surface area (Å²) in [7, 11) is 0. The minimum Gasteiger partial charge on any atom is -0.481 e. The number of nitrogens with two attached hydrogens (primary N) is 1. The van der Waals surface area contributed by atoms with Gasteiger partial charge in [0.25, 0.3) is 0 Å². The van der Waals surface area contributed by atoms with Gasteiger partial charge in [0.05, 0.1) is 4.88 Å². The molecule has 0 fully saturated rings. The van der Waals surface area contributed by atoms with Crippen molar-refractivity contribution in [3.05, 3.63) is 94.9 Å². The van der Waals surface area contributed by atoms with Crippen LogP contribution in [0.2, 0.25) is 0 Å². The van der Waals surface area contributed by atoms with Gasteiger partial charge in [0.2, 0.25) is 0 Å². The Morgan fingerprint density at radius 1 is 1.06 bits per heavy atom. The number of aliphatic hydroxyl groups excluding tert-OH is 1. The summed E-state index contributed by atoms with van der Waals surface area (Å²) in [5.41, 5.74) is 7.94. The Hall–Kier alpha value is -3.88. The Labute approximate surface area is 201 Å². The Kier molecular flexibility index (Phi) is 7.41. The van der Waals surface area contributed by atoms with E-state index in [9.17, 15) is 9.90 Å². The number of aliphatic hydroxyl groups is 1. The number of fused-ring (bicyclic) bond motifs is 1. The molecule has 0 radical (unpaired) electrons. The molecular formula is C26H25N3O4S. The lowest BCUT2D eigenvalue weighted by Gasteiger charge is -2.20. The minimum absolute atomic E-state index is 0.00763. The molecule has 0 spiro atoms. The number of nitrogens with one attached hydrogen (secondary N) is 2. The van der Waals surface area contributed by atoms with Crippen LogP contribution in [0.15, 0.2) is 78.9 Å². The highest BCUT2D eigenvalue weighted by molar-refractivity contribution is 7.20. The molecule has 0 saturated heterocycles. The first-order chi connectivity index (χ1) is 16.5. The van der Waals surface area contributed by atoms with Crippen molar-refractivity contribution in [1.82, 2.24) is 0 Å². The van der Waals surface area contributed by atoms with E-state index in [0.717, 1.165) is 21.2 Å². The first kappa shape index (κ1) is 23.3. The van der Waals surface area contributed by atoms with Gasteiger partial charge >= 0.3 is 6.09 Å². The minimum atomic E-state index is -0.609. The van der Waals surface area contributed by atoms with Gasteiger partial charge in [-0.2, -0.15) is 0 Å². The van der Waals surface area contributed by atoms with Crippen molar-refractivity contribution in [2.24, 2.45) is 5.73 Å². The van der Waals surface area contributed by atoms with Crippen molar-refractivity contribution in [2.45, 2.75) is 12.5 Å². The molecule has 1 aromatic heterocycles. The van der Waals surface area contributed by atoms with E-state index in [-0.39, 0.29) is 19.0 Å². The molecule has 3 aromatic carbocycles. The zero-order valence-corrected chi connectivity index (χ0v) is 19.2. The number of anilines is 1. The van der Waals surface area contributed by atoms with Crippen molar-refractivity contribution in [3.63, 3.8) is 0 Å². The van der Waals surface area contributed by atoms with Crippen LogP contribution in [0.4, 0.5) is 10.5 Å². The van der Waals surface area contributed by atoms with E-state index < -0.39 is 12.2 Å². The fraction of sp³-hybridized carbons (Fsp3) is 0.154. The van der Waals surface area contributed by atoms with E-state index in [1.807, 2.05) is 72.8 Å². The van der Waals surface area contributed by atoms with Gasteiger partial charge in [-0.25, -0.2) is 4.79 Å². The van der Waals surface area contributed by atoms with Crippen LogP contribution in [0.3, 0.4) is 0 Å². The molecule has 0 bridgehead atoms. The third-order valence-corrected chi connectivity index (χ3v) is 6.36. The monoisotopic (exact) mass is 475 g/mol. The van der Waals surface area contributed by atoms with Crippen LogP contribution in [0, 0.1) is 5.41 Å². The number of amides is 1. The molecule has 1 atom stereocenters. The number of amidine groups is 1. The molecule has 174 valence electrons. The van der Waals surface area contributed by atoms with Crippen molar-refractivity contribution < 1.29 is 19.4 Å². The van der Waals surface area contributed by atoms with Gasteiger partial charge in [-0.15, -0.1) is 11.3 Å². The Morgan fingerprint density at radius 3 is 2.59 bits per heavy atom. The van der Waals surface area contributed by atoms with Gasteiger partial charge < -0.3 is 20.3 Å². The van der Waals surface area contributed by atoms with E-state index in [1.165, 1.54) is 11.3 Å². The lowest BCUT2D eigenvalue weighted by atomic mass is 10.1. The molecule has 34 heavy (non-hydrogen) atoms. The summed E-state index contributed by atoms with van der Waals surface area (Å²) >= 11 is 1.42. The second-order valence-corrected chi connectivity index (χ2v) is 8.65. The number of carbonyl (C=O) groups is 1. The molecule has 5 N–H and O–H groups in total. The van der Waals surface area contributed by atoms with E-state index in [1.54, 1.807) is 6.07 Å². The van der Waals surface area contributed by atoms with E-state index in [2.05, 4.69) is 5.32 Å². The summed E-state index contributed by atoms with van der Waals surface area (Å²) in [6.07, 6.45) is -0.729. The highest BCUT2D eigenvalue weighted by Gasteiger charge is 2.19. The molecule has 0 aliphatic heterocycles.